The second kappa shape index (κ2) is 11.0. The number of benzene rings is 4. The number of halogens is 1. The quantitative estimate of drug-likeness (QED) is 0.136. The Kier molecular flexibility index (Phi) is 7.11. The molecule has 1 aliphatic rings. The number of rotatable bonds is 7. The van der Waals surface area contributed by atoms with Crippen molar-refractivity contribution in [1.29, 1.82) is 5.26 Å². The van der Waals surface area contributed by atoms with Crippen LogP contribution >= 0.6 is 0 Å². The number of fused-ring (bicyclic) bond motifs is 1. The molecule has 1 unspecified atom stereocenters. The minimum atomic E-state index is -0.714. The molecule has 0 fully saturated rings. The maximum Gasteiger partial charge on any atom is 0.343 e. The lowest BCUT2D eigenvalue weighted by atomic mass is 9.83. The lowest BCUT2D eigenvalue weighted by Gasteiger charge is -2.26. The number of allylic oxidation sites excluding steroid dienone is 1. The number of nitro groups is 1. The smallest absolute Gasteiger partial charge is 0.343 e. The van der Waals surface area contributed by atoms with Gasteiger partial charge in [0.15, 0.2) is 0 Å². The Morgan fingerprint density at radius 3 is 2.40 bits per heavy atom. The molecular weight excluding hydrogens is 517 g/mol. The summed E-state index contributed by atoms with van der Waals surface area (Å²) >= 11 is 0. The van der Waals surface area contributed by atoms with Gasteiger partial charge in [-0.05, 0) is 42.0 Å². The predicted molar refractivity (Wildman–Crippen MR) is 141 cm³/mol. The second-order valence-electron chi connectivity index (χ2n) is 8.77. The molecule has 1 atom stereocenters. The minimum Gasteiger partial charge on any atom is -0.489 e. The Hall–Kier alpha value is -5.69. The summed E-state index contributed by atoms with van der Waals surface area (Å²) in [7, 11) is 0. The third kappa shape index (κ3) is 5.30. The van der Waals surface area contributed by atoms with Gasteiger partial charge in [0.25, 0.3) is 5.69 Å². The van der Waals surface area contributed by atoms with Crippen LogP contribution in [0.15, 0.2) is 102 Å². The molecule has 4 aromatic carbocycles. The number of carbonyl (C=O) groups excluding carboxylic acids is 1. The number of hydrogen-bond acceptors (Lipinski definition) is 8. The number of ether oxygens (including phenoxy) is 3. The van der Waals surface area contributed by atoms with E-state index >= 15 is 0 Å². The maximum absolute atomic E-state index is 13.9. The van der Waals surface area contributed by atoms with E-state index in [-0.39, 0.29) is 40.9 Å². The summed E-state index contributed by atoms with van der Waals surface area (Å²) in [6, 6.07) is 25.2. The van der Waals surface area contributed by atoms with Crippen LogP contribution < -0.4 is 19.9 Å². The SMILES string of the molecule is N#CC1=C(N)Oc2cc(OC(=O)c3ccc([N+](=O)[O-])cc3)ccc2C1c1ccc(OCc2ccccc2F)cc1. The van der Waals surface area contributed by atoms with E-state index in [1.807, 2.05) is 0 Å². The van der Waals surface area contributed by atoms with E-state index in [2.05, 4.69) is 6.07 Å². The van der Waals surface area contributed by atoms with Crippen molar-refractivity contribution in [2.24, 2.45) is 5.73 Å². The fourth-order valence-electron chi connectivity index (χ4n) is 4.26. The standard InChI is InChI=1S/C30H20FN3O6/c31-26-4-2-1-3-20(26)17-38-22-11-7-18(8-12-22)28-24-14-13-23(15-27(24)40-29(33)25(28)16-32)39-30(35)19-5-9-21(10-6-19)34(36)37/h1-15,28H,17,33H2. The van der Waals surface area contributed by atoms with E-state index in [0.29, 0.717) is 22.6 Å². The van der Waals surface area contributed by atoms with Crippen molar-refractivity contribution in [3.05, 3.63) is 141 Å². The Balaban J connectivity index is 1.36. The van der Waals surface area contributed by atoms with Gasteiger partial charge >= 0.3 is 5.97 Å². The van der Waals surface area contributed by atoms with Crippen LogP contribution in [0.3, 0.4) is 0 Å². The molecule has 0 amide bonds. The highest BCUT2D eigenvalue weighted by atomic mass is 19.1. The number of nitrogens with zero attached hydrogens (tertiary/aromatic N) is 2. The van der Waals surface area contributed by atoms with Crippen molar-refractivity contribution in [3.63, 3.8) is 0 Å². The molecule has 4 aromatic rings. The van der Waals surface area contributed by atoms with Gasteiger partial charge in [0, 0.05) is 29.3 Å². The molecule has 10 heteroatoms. The number of nitrogens with two attached hydrogens (primary N) is 1. The molecule has 2 N–H and O–H groups in total. The minimum absolute atomic E-state index is 0.0593. The molecule has 0 aromatic heterocycles. The Morgan fingerprint density at radius 2 is 1.73 bits per heavy atom. The molecular formula is C30H20FN3O6. The number of hydrogen-bond donors (Lipinski definition) is 1. The first-order valence-corrected chi connectivity index (χ1v) is 12.0. The maximum atomic E-state index is 13.9. The zero-order valence-corrected chi connectivity index (χ0v) is 20.7. The molecule has 1 heterocycles. The third-order valence-corrected chi connectivity index (χ3v) is 6.28. The van der Waals surface area contributed by atoms with Crippen LogP contribution in [-0.2, 0) is 6.61 Å². The Morgan fingerprint density at radius 1 is 1.02 bits per heavy atom. The van der Waals surface area contributed by atoms with E-state index in [4.69, 9.17) is 19.9 Å². The molecule has 0 saturated carbocycles. The number of carbonyl (C=O) groups is 1. The molecule has 1 aliphatic heterocycles. The van der Waals surface area contributed by atoms with Gasteiger partial charge in [0.05, 0.1) is 16.4 Å². The van der Waals surface area contributed by atoms with Crippen molar-refractivity contribution in [3.8, 4) is 23.3 Å². The highest BCUT2D eigenvalue weighted by Gasteiger charge is 2.31. The molecule has 198 valence electrons. The summed E-state index contributed by atoms with van der Waals surface area (Å²) in [6.45, 7) is 0.0593. The average molecular weight is 538 g/mol. The Bertz CT molecular complexity index is 1680. The van der Waals surface area contributed by atoms with Gasteiger partial charge in [-0.2, -0.15) is 5.26 Å². The van der Waals surface area contributed by atoms with Crippen molar-refractivity contribution >= 4 is 11.7 Å². The topological polar surface area (TPSA) is 138 Å². The number of non-ortho nitro benzene ring substituents is 1. The zero-order chi connectivity index (χ0) is 28.2. The van der Waals surface area contributed by atoms with Crippen molar-refractivity contribution in [2.75, 3.05) is 0 Å². The summed E-state index contributed by atoms with van der Waals surface area (Å²) in [4.78, 5) is 22.8. The number of nitriles is 1. The monoisotopic (exact) mass is 537 g/mol. The van der Waals surface area contributed by atoms with Crippen LogP contribution in [0.5, 0.6) is 17.2 Å². The molecule has 0 saturated heterocycles. The van der Waals surface area contributed by atoms with E-state index in [1.165, 1.54) is 36.4 Å². The summed E-state index contributed by atoms with van der Waals surface area (Å²) in [5.74, 6) is -0.735. The van der Waals surface area contributed by atoms with Crippen molar-refractivity contribution < 1.29 is 28.3 Å². The summed E-state index contributed by atoms with van der Waals surface area (Å²) in [5.41, 5.74) is 8.06. The first-order chi connectivity index (χ1) is 19.3. The van der Waals surface area contributed by atoms with Gasteiger partial charge in [-0.3, -0.25) is 10.1 Å². The van der Waals surface area contributed by atoms with Crippen LogP contribution in [0.2, 0.25) is 0 Å². The fraction of sp³-hybridized carbons (Fsp3) is 0.0667. The van der Waals surface area contributed by atoms with Gasteiger partial charge in [-0.1, -0.05) is 36.4 Å². The van der Waals surface area contributed by atoms with E-state index in [0.717, 1.165) is 5.56 Å². The third-order valence-electron chi connectivity index (χ3n) is 6.28. The predicted octanol–water partition coefficient (Wildman–Crippen LogP) is 5.75. The van der Waals surface area contributed by atoms with E-state index in [1.54, 1.807) is 54.6 Å². The number of esters is 1. The largest absolute Gasteiger partial charge is 0.489 e. The van der Waals surface area contributed by atoms with Crippen LogP contribution in [-0.4, -0.2) is 10.9 Å². The molecule has 0 radical (unpaired) electrons. The highest BCUT2D eigenvalue weighted by molar-refractivity contribution is 5.91. The van der Waals surface area contributed by atoms with Gasteiger partial charge in [0.1, 0.15) is 41.3 Å². The Labute approximate surface area is 227 Å². The molecule has 0 spiro atoms. The molecule has 40 heavy (non-hydrogen) atoms. The highest BCUT2D eigenvalue weighted by Crippen LogP contribution is 2.43. The van der Waals surface area contributed by atoms with Gasteiger partial charge in [0.2, 0.25) is 5.88 Å². The van der Waals surface area contributed by atoms with Crippen molar-refractivity contribution in [2.45, 2.75) is 12.5 Å². The fourth-order valence-corrected chi connectivity index (χ4v) is 4.26. The van der Waals surface area contributed by atoms with Gasteiger partial charge in [-0.15, -0.1) is 0 Å². The first kappa shape index (κ1) is 25.9. The summed E-state index contributed by atoms with van der Waals surface area (Å²) in [6.07, 6.45) is 0. The van der Waals surface area contributed by atoms with Crippen molar-refractivity contribution in [1.82, 2.24) is 0 Å². The van der Waals surface area contributed by atoms with Gasteiger partial charge in [-0.25, -0.2) is 9.18 Å². The van der Waals surface area contributed by atoms with E-state index in [9.17, 15) is 24.6 Å². The zero-order valence-electron chi connectivity index (χ0n) is 20.7. The average Bonchev–Trinajstić information content (AvgIpc) is 2.96. The molecule has 5 rings (SSSR count). The lowest BCUT2D eigenvalue weighted by molar-refractivity contribution is -0.384. The van der Waals surface area contributed by atoms with Gasteiger partial charge < -0.3 is 19.9 Å². The number of nitro benzene ring substituents is 1. The first-order valence-electron chi connectivity index (χ1n) is 12.0. The van der Waals surface area contributed by atoms with Crippen LogP contribution in [0.1, 0.15) is 33.0 Å². The van der Waals surface area contributed by atoms with E-state index < -0.39 is 16.8 Å². The molecule has 0 bridgehead atoms. The second-order valence-corrected chi connectivity index (χ2v) is 8.77. The molecule has 9 nitrogen and oxygen atoms in total. The lowest BCUT2D eigenvalue weighted by Crippen LogP contribution is -2.21. The van der Waals surface area contributed by atoms with Crippen LogP contribution in [0, 0.1) is 27.3 Å². The van der Waals surface area contributed by atoms with Crippen LogP contribution in [0.25, 0.3) is 0 Å². The summed E-state index contributed by atoms with van der Waals surface area (Å²) < 4.78 is 30.7. The molecule has 0 aliphatic carbocycles. The van der Waals surface area contributed by atoms with Crippen LogP contribution in [0.4, 0.5) is 10.1 Å². The normalized spacial score (nSPS) is 13.9. The summed E-state index contributed by atoms with van der Waals surface area (Å²) in [5, 5.41) is 20.7.